The van der Waals surface area contributed by atoms with E-state index < -0.39 is 0 Å². The molecular weight excluding hydrogens is 454 g/mol. The van der Waals surface area contributed by atoms with Crippen molar-refractivity contribution in [2.45, 2.75) is 60.4 Å². The molecule has 1 amide bonds. The van der Waals surface area contributed by atoms with E-state index in [0.29, 0.717) is 30.4 Å². The molecule has 208 valence electrons. The second kappa shape index (κ2) is 30.1. The normalized spacial score (nSPS) is 11.1. The molecule has 8 N–H and O–H groups in total. The van der Waals surface area contributed by atoms with Crippen LogP contribution < -0.4 is 27.2 Å². The number of carbonyl (C=O) groups is 1. The number of aliphatic hydroxyl groups is 2. The van der Waals surface area contributed by atoms with E-state index in [2.05, 4.69) is 23.8 Å². The molecule has 0 saturated heterocycles. The first kappa shape index (κ1) is 40.3. The minimum absolute atomic E-state index is 0.0867. The van der Waals surface area contributed by atoms with Crippen LogP contribution in [0.5, 0.6) is 0 Å². The van der Waals surface area contributed by atoms with Crippen molar-refractivity contribution in [1.29, 1.82) is 0 Å². The van der Waals surface area contributed by atoms with E-state index in [1.165, 1.54) is 17.9 Å². The van der Waals surface area contributed by atoms with Crippen LogP contribution in [0.25, 0.3) is 0 Å². The third kappa shape index (κ3) is 25.7. The summed E-state index contributed by atoms with van der Waals surface area (Å²) in [4.78, 5) is 11.7. The molecule has 36 heavy (non-hydrogen) atoms. The van der Waals surface area contributed by atoms with Gasteiger partial charge in [-0.25, -0.2) is 5.84 Å². The molecule has 1 aromatic carbocycles. The molecule has 1 aliphatic rings. The monoisotopic (exact) mass is 507 g/mol. The number of hydrogen-bond donors (Lipinski definition) is 6. The Kier molecular flexibility index (Phi) is 33.7. The van der Waals surface area contributed by atoms with Gasteiger partial charge < -0.3 is 26.6 Å². The average molecular weight is 508 g/mol. The number of amides is 1. The third-order valence-electron chi connectivity index (χ3n) is 3.69. The highest BCUT2D eigenvalue weighted by Crippen LogP contribution is 2.18. The number of carbonyl (C=O) groups excluding carboxylic acids is 1. The first-order valence-electron chi connectivity index (χ1n) is 12.1. The molecule has 0 spiro atoms. The van der Waals surface area contributed by atoms with E-state index in [1.807, 2.05) is 53.7 Å². The second-order valence-corrected chi connectivity index (χ2v) is 6.93. The zero-order valence-corrected chi connectivity index (χ0v) is 23.8. The van der Waals surface area contributed by atoms with E-state index in [1.54, 1.807) is 36.5 Å². The zero-order chi connectivity index (χ0) is 28.9. The maximum atomic E-state index is 11.7. The lowest BCUT2D eigenvalue weighted by Crippen LogP contribution is -2.29. The van der Waals surface area contributed by atoms with Crippen molar-refractivity contribution < 1.29 is 15.0 Å². The number of anilines is 1. The highest BCUT2D eigenvalue weighted by Gasteiger charge is 2.20. The number of aliphatic hydroxyl groups excluding tert-OH is 2. The first-order chi connectivity index (χ1) is 17.3. The highest BCUT2D eigenvalue weighted by atomic mass is 16.2. The summed E-state index contributed by atoms with van der Waals surface area (Å²) in [6.45, 7) is 20.0. The van der Waals surface area contributed by atoms with Crippen LogP contribution in [0, 0.1) is 0 Å². The Morgan fingerprint density at radius 3 is 1.94 bits per heavy atom. The molecule has 1 aliphatic carbocycles. The van der Waals surface area contributed by atoms with Gasteiger partial charge in [0.05, 0.1) is 5.69 Å². The topological polar surface area (TPSA) is 137 Å². The van der Waals surface area contributed by atoms with Gasteiger partial charge in [-0.3, -0.25) is 9.80 Å². The molecule has 1 aromatic rings. The van der Waals surface area contributed by atoms with Gasteiger partial charge in [0.25, 0.3) is 5.91 Å². The molecule has 0 atom stereocenters. The van der Waals surface area contributed by atoms with E-state index in [9.17, 15) is 4.79 Å². The summed E-state index contributed by atoms with van der Waals surface area (Å²) in [6, 6.07) is 7.68. The lowest BCUT2D eigenvalue weighted by atomic mass is 10.2. The van der Waals surface area contributed by atoms with Gasteiger partial charge in [0.2, 0.25) is 0 Å². The van der Waals surface area contributed by atoms with Gasteiger partial charge in [0.15, 0.2) is 0 Å². The summed E-state index contributed by atoms with van der Waals surface area (Å²) in [5, 5.41) is 21.5. The molecular formula is C28H53N5O3. The molecule has 8 nitrogen and oxygen atoms in total. The van der Waals surface area contributed by atoms with Crippen LogP contribution >= 0.6 is 0 Å². The van der Waals surface area contributed by atoms with Crippen LogP contribution in [0.15, 0.2) is 73.1 Å². The van der Waals surface area contributed by atoms with E-state index >= 15 is 0 Å². The van der Waals surface area contributed by atoms with E-state index in [4.69, 9.17) is 21.8 Å². The third-order valence-corrected chi connectivity index (χ3v) is 3.69. The zero-order valence-electron chi connectivity index (χ0n) is 23.8. The van der Waals surface area contributed by atoms with Gasteiger partial charge >= 0.3 is 0 Å². The lowest BCUT2D eigenvalue weighted by Gasteiger charge is -2.16. The van der Waals surface area contributed by atoms with E-state index in [-0.39, 0.29) is 5.91 Å². The van der Waals surface area contributed by atoms with Crippen LogP contribution in [0.4, 0.5) is 5.69 Å². The molecule has 0 radical (unpaired) electrons. The molecule has 0 aliphatic heterocycles. The van der Waals surface area contributed by atoms with Crippen LogP contribution in [0.2, 0.25) is 0 Å². The van der Waals surface area contributed by atoms with Gasteiger partial charge in [-0.05, 0) is 64.8 Å². The molecule has 1 fully saturated rings. The Balaban J connectivity index is -0.000000285. The van der Waals surface area contributed by atoms with Crippen molar-refractivity contribution in [2.24, 2.45) is 11.6 Å². The largest absolute Gasteiger partial charge is 0.400 e. The number of nitrogens with one attached hydrogen (secondary N) is 2. The predicted octanol–water partition coefficient (Wildman–Crippen LogP) is 4.24. The highest BCUT2D eigenvalue weighted by molar-refractivity contribution is 5.94. The summed E-state index contributed by atoms with van der Waals surface area (Å²) in [5.74, 6) is 5.86. The van der Waals surface area contributed by atoms with Crippen molar-refractivity contribution in [3.63, 3.8) is 0 Å². The number of rotatable bonds is 8. The average Bonchev–Trinajstić information content (AvgIpc) is 3.72. The summed E-state index contributed by atoms with van der Waals surface area (Å²) in [6.07, 6.45) is 9.83. The quantitative estimate of drug-likeness (QED) is 0.134. The number of nitrogens with zero attached hydrogens (tertiary/aromatic N) is 1. The van der Waals surface area contributed by atoms with Crippen molar-refractivity contribution in [3.05, 3.63) is 78.7 Å². The standard InChI is InChI=1S/C15H23N5O.C6H10.C3H6.C2H6.2CH4O/c1-2-18-15(21)11-3-7-14(8-4-11)20(17)10-12(16)9-19-13-5-6-13;1-4-5-6(2)3;1-3-2;3*1-2/h3-4,7-8,10,13,19H,2,5-6,9,16-17H2,1H3,(H,18,21);4-5H,2H2,1,3H3;3H,1H2,2H3;1-2H3;2*2H,1H3/b12-10-;5-4+;;;;. The summed E-state index contributed by atoms with van der Waals surface area (Å²) >= 11 is 0. The number of nitrogens with two attached hydrogens (primary N) is 2. The molecule has 2 rings (SSSR count). The lowest BCUT2D eigenvalue weighted by molar-refractivity contribution is 0.0956. The first-order valence-corrected chi connectivity index (χ1v) is 12.1. The van der Waals surface area contributed by atoms with Crippen molar-refractivity contribution in [2.75, 3.05) is 32.3 Å². The molecule has 0 bridgehead atoms. The number of hydrazine groups is 1. The summed E-state index contributed by atoms with van der Waals surface area (Å²) < 4.78 is 0. The number of allylic oxidation sites excluding steroid dienone is 4. The van der Waals surface area contributed by atoms with Crippen molar-refractivity contribution >= 4 is 11.6 Å². The molecule has 0 unspecified atom stereocenters. The Bertz CT molecular complexity index is 712. The van der Waals surface area contributed by atoms with Crippen LogP contribution in [-0.4, -0.2) is 49.5 Å². The fraction of sp³-hybridized carbons (Fsp3) is 0.464. The maximum absolute atomic E-state index is 11.7. The second-order valence-electron chi connectivity index (χ2n) is 6.93. The smallest absolute Gasteiger partial charge is 0.251 e. The minimum atomic E-state index is -0.0867. The van der Waals surface area contributed by atoms with Crippen LogP contribution in [-0.2, 0) is 0 Å². The van der Waals surface area contributed by atoms with Crippen LogP contribution in [0.1, 0.15) is 64.7 Å². The fourth-order valence-electron chi connectivity index (χ4n) is 2.18. The SMILES string of the molecule is C=C(C)/C=C/C.C=CC.CC.CCNC(=O)c1ccc(N(N)/C=C(\N)CNC2CC2)cc1.CO.CO. The van der Waals surface area contributed by atoms with Crippen molar-refractivity contribution in [3.8, 4) is 0 Å². The van der Waals surface area contributed by atoms with Gasteiger partial charge in [0.1, 0.15) is 0 Å². The summed E-state index contributed by atoms with van der Waals surface area (Å²) in [5.41, 5.74) is 9.09. The van der Waals surface area contributed by atoms with E-state index in [0.717, 1.165) is 25.5 Å². The Morgan fingerprint density at radius 2 is 1.61 bits per heavy atom. The molecule has 0 heterocycles. The molecule has 0 aromatic heterocycles. The Morgan fingerprint density at radius 1 is 1.14 bits per heavy atom. The van der Waals surface area contributed by atoms with Gasteiger partial charge in [0, 0.05) is 50.8 Å². The summed E-state index contributed by atoms with van der Waals surface area (Å²) in [7, 11) is 2.00. The Labute approximate surface area is 220 Å². The van der Waals surface area contributed by atoms with Crippen LogP contribution in [0.3, 0.4) is 0 Å². The van der Waals surface area contributed by atoms with Gasteiger partial charge in [-0.2, -0.15) is 0 Å². The number of hydrogen-bond acceptors (Lipinski definition) is 7. The maximum Gasteiger partial charge on any atom is 0.251 e. The van der Waals surface area contributed by atoms with Gasteiger partial charge in [-0.1, -0.05) is 44.2 Å². The van der Waals surface area contributed by atoms with Gasteiger partial charge in [-0.15, -0.1) is 6.58 Å². The minimum Gasteiger partial charge on any atom is -0.400 e. The molecule has 1 saturated carbocycles. The predicted molar refractivity (Wildman–Crippen MR) is 158 cm³/mol. The molecule has 8 heteroatoms. The van der Waals surface area contributed by atoms with Crippen molar-refractivity contribution in [1.82, 2.24) is 10.6 Å². The number of benzene rings is 1. The fourth-order valence-corrected chi connectivity index (χ4v) is 2.18. The Hall–Kier alpha value is -2.91.